The summed E-state index contributed by atoms with van der Waals surface area (Å²) in [6.07, 6.45) is 1.12. The fourth-order valence-electron chi connectivity index (χ4n) is 3.64. The van der Waals surface area contributed by atoms with Gasteiger partial charge in [-0.15, -0.1) is 0 Å². The first kappa shape index (κ1) is 23.6. The molecule has 0 radical (unpaired) electrons. The number of carboxylic acid groups (broad SMARTS) is 2. The molecule has 4 aromatic rings. The highest BCUT2D eigenvalue weighted by molar-refractivity contribution is 8.01. The molecule has 0 aliphatic heterocycles. The monoisotopic (exact) mass is 455 g/mol. The van der Waals surface area contributed by atoms with Crippen molar-refractivity contribution >= 4 is 40.4 Å². The maximum Gasteiger partial charge on any atom is 0.328 e. The molecule has 0 saturated heterocycles. The Hall–Kier alpha value is -4.01. The molecule has 0 aliphatic rings. The van der Waals surface area contributed by atoms with E-state index in [1.807, 2.05) is 0 Å². The van der Waals surface area contributed by atoms with Crippen LogP contribution in [0.1, 0.15) is 0 Å². The Morgan fingerprint density at radius 1 is 0.455 bits per heavy atom. The second kappa shape index (κ2) is 11.6. The van der Waals surface area contributed by atoms with Crippen molar-refractivity contribution in [3.05, 3.63) is 133 Å². The molecule has 0 spiro atoms. The second-order valence-corrected chi connectivity index (χ2v) is 10.4. The van der Waals surface area contributed by atoms with E-state index in [0.717, 1.165) is 0 Å². The van der Waals surface area contributed by atoms with Crippen LogP contribution in [0.3, 0.4) is 0 Å². The molecule has 0 unspecified atom stereocenters. The standard InChI is InChI=1S/C24H20P.C4H4O4/c1-5-13-21(14-6-1)25(22-15-7-2-8-16-22,23-17-9-3-10-18-23)24-19-11-4-12-20-24;5-3(6)1-2-4(7)8/h1-20H;1-2H,(H,5,6)(H,7,8)/q+1;/b;2-1-. The van der Waals surface area contributed by atoms with Gasteiger partial charge in [-0.3, -0.25) is 0 Å². The third-order valence-corrected chi connectivity index (χ3v) is 9.23. The Bertz CT molecular complexity index is 1010. The molecular weight excluding hydrogens is 431 g/mol. The quantitative estimate of drug-likeness (QED) is 0.340. The summed E-state index contributed by atoms with van der Waals surface area (Å²) in [6, 6.07) is 43.8. The van der Waals surface area contributed by atoms with Crippen molar-refractivity contribution in [1.29, 1.82) is 0 Å². The van der Waals surface area contributed by atoms with Gasteiger partial charge in [0.25, 0.3) is 0 Å². The normalized spacial score (nSPS) is 10.8. The minimum Gasteiger partial charge on any atom is -0.478 e. The maximum absolute atomic E-state index is 9.55. The molecule has 0 atom stereocenters. The van der Waals surface area contributed by atoms with Crippen LogP contribution in [-0.2, 0) is 9.59 Å². The first-order valence-electron chi connectivity index (χ1n) is 10.3. The van der Waals surface area contributed by atoms with Crippen molar-refractivity contribution in [3.8, 4) is 0 Å². The zero-order valence-electron chi connectivity index (χ0n) is 17.9. The van der Waals surface area contributed by atoms with Crippen LogP contribution in [0, 0.1) is 0 Å². The van der Waals surface area contributed by atoms with Crippen molar-refractivity contribution < 1.29 is 19.8 Å². The Morgan fingerprint density at radius 3 is 0.848 bits per heavy atom. The zero-order valence-corrected chi connectivity index (χ0v) is 18.8. The van der Waals surface area contributed by atoms with Crippen LogP contribution < -0.4 is 21.2 Å². The fraction of sp³-hybridized carbons (Fsp3) is 0. The van der Waals surface area contributed by atoms with E-state index in [1.165, 1.54) is 21.2 Å². The lowest BCUT2D eigenvalue weighted by molar-refractivity contribution is -0.134. The van der Waals surface area contributed by atoms with Crippen molar-refractivity contribution in [3.63, 3.8) is 0 Å². The third-order valence-electron chi connectivity index (χ3n) is 4.94. The molecule has 4 nitrogen and oxygen atoms in total. The highest BCUT2D eigenvalue weighted by Crippen LogP contribution is 2.53. The van der Waals surface area contributed by atoms with Crippen LogP contribution >= 0.6 is 7.26 Å². The van der Waals surface area contributed by atoms with Crippen molar-refractivity contribution in [1.82, 2.24) is 0 Å². The van der Waals surface area contributed by atoms with Gasteiger partial charge in [0.15, 0.2) is 0 Å². The minimum absolute atomic E-state index is 0.558. The van der Waals surface area contributed by atoms with E-state index in [1.54, 1.807) is 0 Å². The molecule has 2 N–H and O–H groups in total. The van der Waals surface area contributed by atoms with Crippen molar-refractivity contribution in [2.75, 3.05) is 0 Å². The lowest BCUT2D eigenvalue weighted by Crippen LogP contribution is -2.38. The molecule has 0 heterocycles. The molecule has 164 valence electrons. The van der Waals surface area contributed by atoms with Gasteiger partial charge in [-0.2, -0.15) is 0 Å². The summed E-state index contributed by atoms with van der Waals surface area (Å²) in [5, 5.41) is 21.2. The Kier molecular flexibility index (Phi) is 8.29. The molecule has 0 saturated carbocycles. The SMILES string of the molecule is O=C(O)/C=C\C(=O)O.c1ccc([P+](c2ccccc2)(c2ccccc2)c2ccccc2)cc1. The Balaban J connectivity index is 0.000000331. The number of carbonyl (C=O) groups is 2. The summed E-state index contributed by atoms with van der Waals surface area (Å²) in [6.45, 7) is 0. The van der Waals surface area contributed by atoms with E-state index in [0.29, 0.717) is 12.2 Å². The highest BCUT2D eigenvalue weighted by atomic mass is 31.2. The summed E-state index contributed by atoms with van der Waals surface area (Å²) in [7, 11) is -1.91. The van der Waals surface area contributed by atoms with Crippen LogP contribution in [0.2, 0.25) is 0 Å². The largest absolute Gasteiger partial charge is 0.478 e. The molecule has 0 aliphatic carbocycles. The predicted molar refractivity (Wildman–Crippen MR) is 136 cm³/mol. The Labute approximate surface area is 193 Å². The van der Waals surface area contributed by atoms with Crippen LogP contribution in [0.15, 0.2) is 133 Å². The van der Waals surface area contributed by atoms with Crippen molar-refractivity contribution in [2.24, 2.45) is 0 Å². The van der Waals surface area contributed by atoms with Gasteiger partial charge in [-0.1, -0.05) is 72.8 Å². The van der Waals surface area contributed by atoms with E-state index in [2.05, 4.69) is 121 Å². The molecule has 5 heteroatoms. The summed E-state index contributed by atoms with van der Waals surface area (Å²) < 4.78 is 0. The summed E-state index contributed by atoms with van der Waals surface area (Å²) >= 11 is 0. The predicted octanol–water partition coefficient (Wildman–Crippen LogP) is 4.02. The number of rotatable bonds is 6. The minimum atomic E-state index is -1.91. The highest BCUT2D eigenvalue weighted by Gasteiger charge is 2.47. The average molecular weight is 455 g/mol. The smallest absolute Gasteiger partial charge is 0.328 e. The molecule has 0 amide bonds. The first-order valence-corrected chi connectivity index (χ1v) is 12.1. The van der Waals surface area contributed by atoms with E-state index in [9.17, 15) is 9.59 Å². The van der Waals surface area contributed by atoms with Crippen molar-refractivity contribution in [2.45, 2.75) is 0 Å². The van der Waals surface area contributed by atoms with Gasteiger partial charge in [0.05, 0.1) is 0 Å². The molecule has 4 rings (SSSR count). The second-order valence-electron chi connectivity index (χ2n) is 7.02. The van der Waals surface area contributed by atoms with E-state index in [-0.39, 0.29) is 0 Å². The van der Waals surface area contributed by atoms with E-state index in [4.69, 9.17) is 10.2 Å². The van der Waals surface area contributed by atoms with E-state index >= 15 is 0 Å². The van der Waals surface area contributed by atoms with Gasteiger partial charge in [0.2, 0.25) is 0 Å². The summed E-state index contributed by atoms with van der Waals surface area (Å²) in [4.78, 5) is 19.1. The number of aliphatic carboxylic acids is 2. The van der Waals surface area contributed by atoms with Gasteiger partial charge >= 0.3 is 11.9 Å². The van der Waals surface area contributed by atoms with Gasteiger partial charge < -0.3 is 10.2 Å². The van der Waals surface area contributed by atoms with Crippen LogP contribution in [0.25, 0.3) is 0 Å². The number of hydrogen-bond donors (Lipinski definition) is 2. The van der Waals surface area contributed by atoms with Gasteiger partial charge in [0, 0.05) is 12.2 Å². The first-order chi connectivity index (χ1) is 16.0. The van der Waals surface area contributed by atoms with Gasteiger partial charge in [0.1, 0.15) is 28.5 Å². The molecule has 0 fully saturated rings. The average Bonchev–Trinajstić information content (AvgIpc) is 2.86. The number of carboxylic acids is 2. The molecule has 33 heavy (non-hydrogen) atoms. The lowest BCUT2D eigenvalue weighted by Gasteiger charge is -2.27. The number of benzene rings is 4. The molecular formula is C28H24O4P+. The maximum atomic E-state index is 9.55. The summed E-state index contributed by atoms with van der Waals surface area (Å²) in [5.41, 5.74) is 0. The summed E-state index contributed by atoms with van der Waals surface area (Å²) in [5.74, 6) is -2.51. The topological polar surface area (TPSA) is 74.6 Å². The van der Waals surface area contributed by atoms with E-state index < -0.39 is 19.2 Å². The third kappa shape index (κ3) is 5.82. The lowest BCUT2D eigenvalue weighted by atomic mass is 10.3. The van der Waals surface area contributed by atoms with Crippen LogP contribution in [-0.4, -0.2) is 22.2 Å². The van der Waals surface area contributed by atoms with Gasteiger partial charge in [-0.25, -0.2) is 9.59 Å². The zero-order chi connectivity index (χ0) is 23.5. The Morgan fingerprint density at radius 2 is 0.667 bits per heavy atom. The van der Waals surface area contributed by atoms with Crippen LogP contribution in [0.4, 0.5) is 0 Å². The molecule has 0 aromatic heterocycles. The molecule has 0 bridgehead atoms. The fourth-order valence-corrected chi connectivity index (χ4v) is 7.91. The number of hydrogen-bond acceptors (Lipinski definition) is 2. The van der Waals surface area contributed by atoms with Gasteiger partial charge in [-0.05, 0) is 48.5 Å². The van der Waals surface area contributed by atoms with Crippen LogP contribution in [0.5, 0.6) is 0 Å². The molecule has 4 aromatic carbocycles.